The predicted molar refractivity (Wildman–Crippen MR) is 72.4 cm³/mol. The van der Waals surface area contributed by atoms with Gasteiger partial charge in [-0.2, -0.15) is 0 Å². The fourth-order valence-corrected chi connectivity index (χ4v) is 3.44. The summed E-state index contributed by atoms with van der Waals surface area (Å²) >= 11 is 0. The zero-order valence-corrected chi connectivity index (χ0v) is 12.1. The zero-order valence-electron chi connectivity index (χ0n) is 12.1. The summed E-state index contributed by atoms with van der Waals surface area (Å²) < 4.78 is 4.82. The maximum atomic E-state index is 12.5. The van der Waals surface area contributed by atoms with Gasteiger partial charge < -0.3 is 9.64 Å². The molecule has 3 atom stereocenters. The summed E-state index contributed by atoms with van der Waals surface area (Å²) in [6, 6.07) is 0. The van der Waals surface area contributed by atoms with E-state index in [1.54, 1.807) is 0 Å². The van der Waals surface area contributed by atoms with Crippen molar-refractivity contribution in [1.29, 1.82) is 0 Å². The molecular formula is C15H25NO3. The van der Waals surface area contributed by atoms with Crippen LogP contribution in [-0.2, 0) is 14.3 Å². The molecule has 4 nitrogen and oxygen atoms in total. The lowest BCUT2D eigenvalue weighted by Gasteiger charge is -2.35. The predicted octanol–water partition coefficient (Wildman–Crippen LogP) is 2.22. The number of carbonyl (C=O) groups excluding carboxylic acids is 2. The molecular weight excluding hydrogens is 242 g/mol. The minimum atomic E-state index is -0.149. The van der Waals surface area contributed by atoms with Crippen molar-refractivity contribution in [1.82, 2.24) is 4.90 Å². The lowest BCUT2D eigenvalue weighted by Crippen LogP contribution is -2.44. The number of esters is 1. The van der Waals surface area contributed by atoms with Gasteiger partial charge in [0.05, 0.1) is 13.0 Å². The second kappa shape index (κ2) is 6.40. The Morgan fingerprint density at radius 3 is 2.53 bits per heavy atom. The first-order valence-corrected chi connectivity index (χ1v) is 7.48. The van der Waals surface area contributed by atoms with Crippen LogP contribution in [-0.4, -0.2) is 37.0 Å². The van der Waals surface area contributed by atoms with Crippen molar-refractivity contribution in [2.24, 2.45) is 17.8 Å². The van der Waals surface area contributed by atoms with Gasteiger partial charge in [-0.3, -0.25) is 9.59 Å². The van der Waals surface area contributed by atoms with Crippen LogP contribution in [0.3, 0.4) is 0 Å². The first-order valence-electron chi connectivity index (χ1n) is 7.48. The fraction of sp³-hybridized carbons (Fsp3) is 0.867. The van der Waals surface area contributed by atoms with Gasteiger partial charge in [-0.1, -0.05) is 13.3 Å². The number of carbonyl (C=O) groups is 2. The van der Waals surface area contributed by atoms with Gasteiger partial charge in [0.15, 0.2) is 0 Å². The third-order valence-electron chi connectivity index (χ3n) is 4.53. The molecule has 0 bridgehead atoms. The number of likely N-dealkylation sites (tertiary alicyclic amines) is 1. The number of hydrogen-bond donors (Lipinski definition) is 0. The van der Waals surface area contributed by atoms with Gasteiger partial charge in [0.2, 0.25) is 5.91 Å². The summed E-state index contributed by atoms with van der Waals surface area (Å²) in [5, 5.41) is 0. The molecule has 0 spiro atoms. The Balaban J connectivity index is 1.93. The van der Waals surface area contributed by atoms with E-state index in [9.17, 15) is 9.59 Å². The standard InChI is InChI=1S/C15H25NO3/c1-11-5-4-8-16(10-11)14(17)12-6-3-7-13(9-12)15(18)19-2/h11-13H,3-10H2,1-2H3/t11-,12-,13+/m0/s1. The van der Waals surface area contributed by atoms with Crippen molar-refractivity contribution in [3.8, 4) is 0 Å². The van der Waals surface area contributed by atoms with Gasteiger partial charge in [-0.25, -0.2) is 0 Å². The van der Waals surface area contributed by atoms with E-state index in [0.717, 1.165) is 38.8 Å². The minimum Gasteiger partial charge on any atom is -0.469 e. The molecule has 0 aromatic rings. The van der Waals surface area contributed by atoms with E-state index < -0.39 is 0 Å². The molecule has 1 saturated heterocycles. The normalized spacial score (nSPS) is 31.9. The molecule has 1 heterocycles. The minimum absolute atomic E-state index is 0.0307. The van der Waals surface area contributed by atoms with Crippen LogP contribution in [0.5, 0.6) is 0 Å². The van der Waals surface area contributed by atoms with Crippen LogP contribution in [0.25, 0.3) is 0 Å². The van der Waals surface area contributed by atoms with E-state index in [2.05, 4.69) is 6.92 Å². The Bertz CT molecular complexity index is 342. The molecule has 0 aromatic heterocycles. The average molecular weight is 267 g/mol. The monoisotopic (exact) mass is 267 g/mol. The quantitative estimate of drug-likeness (QED) is 0.721. The molecule has 0 unspecified atom stereocenters. The molecule has 2 aliphatic rings. The summed E-state index contributed by atoms with van der Waals surface area (Å²) in [5.74, 6) is 0.681. The van der Waals surface area contributed by atoms with Crippen molar-refractivity contribution >= 4 is 11.9 Å². The van der Waals surface area contributed by atoms with Crippen molar-refractivity contribution in [3.05, 3.63) is 0 Å². The fourth-order valence-electron chi connectivity index (χ4n) is 3.44. The Hall–Kier alpha value is -1.06. The highest BCUT2D eigenvalue weighted by Gasteiger charge is 2.34. The third kappa shape index (κ3) is 3.48. The van der Waals surface area contributed by atoms with Gasteiger partial charge in [0.25, 0.3) is 0 Å². The van der Waals surface area contributed by atoms with Crippen molar-refractivity contribution in [2.75, 3.05) is 20.2 Å². The number of hydrogen-bond acceptors (Lipinski definition) is 3. The molecule has 0 N–H and O–H groups in total. The largest absolute Gasteiger partial charge is 0.469 e. The Kier molecular flexibility index (Phi) is 4.83. The molecule has 1 aliphatic heterocycles. The van der Waals surface area contributed by atoms with Gasteiger partial charge in [0.1, 0.15) is 0 Å². The molecule has 2 rings (SSSR count). The molecule has 1 saturated carbocycles. The second-order valence-corrected chi connectivity index (χ2v) is 6.12. The van der Waals surface area contributed by atoms with E-state index in [4.69, 9.17) is 4.74 Å². The third-order valence-corrected chi connectivity index (χ3v) is 4.53. The zero-order chi connectivity index (χ0) is 13.8. The van der Waals surface area contributed by atoms with Crippen molar-refractivity contribution in [2.45, 2.75) is 45.4 Å². The smallest absolute Gasteiger partial charge is 0.308 e. The number of methoxy groups -OCH3 is 1. The van der Waals surface area contributed by atoms with E-state index in [-0.39, 0.29) is 23.7 Å². The molecule has 2 fully saturated rings. The molecule has 19 heavy (non-hydrogen) atoms. The summed E-state index contributed by atoms with van der Waals surface area (Å²) in [6.45, 7) is 3.98. The second-order valence-electron chi connectivity index (χ2n) is 6.12. The van der Waals surface area contributed by atoms with Crippen LogP contribution in [0.1, 0.15) is 45.4 Å². The summed E-state index contributed by atoms with van der Waals surface area (Å²) in [5.41, 5.74) is 0. The summed E-state index contributed by atoms with van der Waals surface area (Å²) in [7, 11) is 1.43. The van der Waals surface area contributed by atoms with E-state index in [0.29, 0.717) is 12.3 Å². The topological polar surface area (TPSA) is 46.6 Å². The highest BCUT2D eigenvalue weighted by atomic mass is 16.5. The number of ether oxygens (including phenoxy) is 1. The average Bonchev–Trinajstić information content (AvgIpc) is 2.45. The molecule has 1 aliphatic carbocycles. The van der Waals surface area contributed by atoms with Crippen molar-refractivity contribution in [3.63, 3.8) is 0 Å². The first kappa shape index (κ1) is 14.4. The van der Waals surface area contributed by atoms with Gasteiger partial charge in [-0.05, 0) is 38.0 Å². The number of rotatable bonds is 2. The number of piperidine rings is 1. The van der Waals surface area contributed by atoms with E-state index >= 15 is 0 Å². The van der Waals surface area contributed by atoms with Gasteiger partial charge in [0, 0.05) is 19.0 Å². The highest BCUT2D eigenvalue weighted by Crippen LogP contribution is 2.32. The summed E-state index contributed by atoms with van der Waals surface area (Å²) in [4.78, 5) is 26.2. The SMILES string of the molecule is COC(=O)[C@@H]1CCC[C@H](C(=O)N2CCC[C@H](C)C2)C1. The Morgan fingerprint density at radius 2 is 1.84 bits per heavy atom. The maximum absolute atomic E-state index is 12.5. The Labute approximate surface area is 115 Å². The van der Waals surface area contributed by atoms with Crippen LogP contribution in [0.2, 0.25) is 0 Å². The van der Waals surface area contributed by atoms with Crippen molar-refractivity contribution < 1.29 is 14.3 Å². The molecule has 0 aromatic carbocycles. The van der Waals surface area contributed by atoms with E-state index in [1.165, 1.54) is 13.5 Å². The van der Waals surface area contributed by atoms with Crippen LogP contribution < -0.4 is 0 Å². The molecule has 1 amide bonds. The molecule has 0 radical (unpaired) electrons. The summed E-state index contributed by atoms with van der Waals surface area (Å²) in [6.07, 6.45) is 5.76. The van der Waals surface area contributed by atoms with Crippen LogP contribution in [0.4, 0.5) is 0 Å². The number of amides is 1. The van der Waals surface area contributed by atoms with Gasteiger partial charge >= 0.3 is 5.97 Å². The molecule has 108 valence electrons. The van der Waals surface area contributed by atoms with Gasteiger partial charge in [-0.15, -0.1) is 0 Å². The van der Waals surface area contributed by atoms with Crippen LogP contribution in [0.15, 0.2) is 0 Å². The maximum Gasteiger partial charge on any atom is 0.308 e. The lowest BCUT2D eigenvalue weighted by atomic mass is 9.80. The molecule has 4 heteroatoms. The number of nitrogens with zero attached hydrogens (tertiary/aromatic N) is 1. The Morgan fingerprint density at radius 1 is 1.11 bits per heavy atom. The lowest BCUT2D eigenvalue weighted by molar-refractivity contribution is -0.149. The van der Waals surface area contributed by atoms with E-state index in [1.807, 2.05) is 4.90 Å². The first-order chi connectivity index (χ1) is 9.11. The highest BCUT2D eigenvalue weighted by molar-refractivity contribution is 5.80. The van der Waals surface area contributed by atoms with Crippen LogP contribution in [0, 0.1) is 17.8 Å². The van der Waals surface area contributed by atoms with Crippen LogP contribution >= 0.6 is 0 Å².